The second kappa shape index (κ2) is 4.52. The van der Waals surface area contributed by atoms with E-state index in [1.54, 1.807) is 12.1 Å². The first kappa shape index (κ1) is 10.9. The topological polar surface area (TPSA) is 81.5 Å². The molecule has 0 aromatic heterocycles. The monoisotopic (exact) mass is 237 g/mol. The van der Waals surface area contributed by atoms with E-state index in [0.29, 0.717) is 11.6 Å². The van der Waals surface area contributed by atoms with Crippen molar-refractivity contribution in [1.82, 2.24) is 0 Å². The molecular weight excluding hydrogens is 226 g/mol. The van der Waals surface area contributed by atoms with Crippen LogP contribution in [0.15, 0.2) is 29.3 Å². The van der Waals surface area contributed by atoms with E-state index in [9.17, 15) is 10.1 Å². The average Bonchev–Trinajstić information content (AvgIpc) is 2.64. The first-order valence-electron chi connectivity index (χ1n) is 4.84. The van der Waals surface area contributed by atoms with Crippen LogP contribution in [0.1, 0.15) is 5.56 Å². The normalized spacial score (nSPS) is 19.5. The minimum absolute atomic E-state index is 0.125. The summed E-state index contributed by atoms with van der Waals surface area (Å²) in [5, 5.41) is 11.2. The molecule has 0 aliphatic carbocycles. The zero-order valence-corrected chi connectivity index (χ0v) is 9.31. The number of nitrogens with two attached hydrogens (primary N) is 1. The molecule has 16 heavy (non-hydrogen) atoms. The number of thioether (sulfide) groups is 1. The molecule has 1 atom stereocenters. The minimum atomic E-state index is -0.384. The van der Waals surface area contributed by atoms with Gasteiger partial charge in [0.05, 0.1) is 11.0 Å². The van der Waals surface area contributed by atoms with Crippen molar-refractivity contribution in [2.75, 3.05) is 5.75 Å². The Bertz CT molecular complexity index is 447. The zero-order chi connectivity index (χ0) is 11.5. The van der Waals surface area contributed by atoms with Crippen LogP contribution < -0.4 is 5.73 Å². The van der Waals surface area contributed by atoms with E-state index in [4.69, 9.17) is 5.73 Å². The van der Waals surface area contributed by atoms with Gasteiger partial charge in [0.15, 0.2) is 5.17 Å². The van der Waals surface area contributed by atoms with E-state index in [1.165, 1.54) is 17.8 Å². The lowest BCUT2D eigenvalue weighted by Gasteiger charge is -2.05. The lowest BCUT2D eigenvalue weighted by Crippen LogP contribution is -2.08. The van der Waals surface area contributed by atoms with Gasteiger partial charge in [-0.3, -0.25) is 15.1 Å². The van der Waals surface area contributed by atoms with E-state index in [-0.39, 0.29) is 16.7 Å². The van der Waals surface area contributed by atoms with Crippen LogP contribution in [0.5, 0.6) is 0 Å². The number of non-ortho nitro benzene ring substituents is 1. The zero-order valence-electron chi connectivity index (χ0n) is 8.50. The van der Waals surface area contributed by atoms with Crippen LogP contribution in [0.25, 0.3) is 0 Å². The van der Waals surface area contributed by atoms with Crippen molar-refractivity contribution in [2.24, 2.45) is 10.7 Å². The third-order valence-electron chi connectivity index (χ3n) is 2.33. The van der Waals surface area contributed by atoms with Gasteiger partial charge in [-0.05, 0) is 12.0 Å². The van der Waals surface area contributed by atoms with Gasteiger partial charge >= 0.3 is 0 Å². The van der Waals surface area contributed by atoms with Gasteiger partial charge in [0.1, 0.15) is 0 Å². The lowest BCUT2D eigenvalue weighted by molar-refractivity contribution is -0.384. The molecule has 1 aliphatic heterocycles. The van der Waals surface area contributed by atoms with Crippen molar-refractivity contribution < 1.29 is 4.92 Å². The largest absolute Gasteiger partial charge is 0.379 e. The summed E-state index contributed by atoms with van der Waals surface area (Å²) in [4.78, 5) is 14.5. The molecule has 2 rings (SSSR count). The fourth-order valence-corrected chi connectivity index (χ4v) is 2.39. The van der Waals surface area contributed by atoms with Gasteiger partial charge in [-0.15, -0.1) is 0 Å². The van der Waals surface area contributed by atoms with Crippen LogP contribution in [-0.2, 0) is 6.42 Å². The average molecular weight is 237 g/mol. The minimum Gasteiger partial charge on any atom is -0.379 e. The van der Waals surface area contributed by atoms with Crippen molar-refractivity contribution in [3.05, 3.63) is 39.9 Å². The fraction of sp³-hybridized carbons (Fsp3) is 0.300. The summed E-state index contributed by atoms with van der Waals surface area (Å²) in [5.74, 6) is 0.856. The summed E-state index contributed by atoms with van der Waals surface area (Å²) in [6.45, 7) is 0. The molecule has 1 aromatic rings. The predicted molar refractivity (Wildman–Crippen MR) is 64.7 cm³/mol. The van der Waals surface area contributed by atoms with Crippen LogP contribution in [0.2, 0.25) is 0 Å². The molecule has 0 saturated heterocycles. The summed E-state index contributed by atoms with van der Waals surface area (Å²) in [7, 11) is 0. The third kappa shape index (κ3) is 2.52. The molecule has 0 spiro atoms. The smallest absolute Gasteiger partial charge is 0.269 e. The summed E-state index contributed by atoms with van der Waals surface area (Å²) >= 11 is 1.53. The van der Waals surface area contributed by atoms with E-state index in [2.05, 4.69) is 4.99 Å². The first-order valence-corrected chi connectivity index (χ1v) is 5.83. The van der Waals surface area contributed by atoms with Gasteiger partial charge < -0.3 is 5.73 Å². The first-order chi connectivity index (χ1) is 7.65. The second-order valence-corrected chi connectivity index (χ2v) is 4.60. The number of hydrogen-bond acceptors (Lipinski definition) is 5. The summed E-state index contributed by atoms with van der Waals surface area (Å²) < 4.78 is 0. The third-order valence-corrected chi connectivity index (χ3v) is 3.28. The number of amidine groups is 1. The second-order valence-electron chi connectivity index (χ2n) is 3.56. The Morgan fingerprint density at radius 3 is 3.06 bits per heavy atom. The predicted octanol–water partition coefficient (Wildman–Crippen LogP) is 1.57. The van der Waals surface area contributed by atoms with E-state index >= 15 is 0 Å². The summed E-state index contributed by atoms with van der Waals surface area (Å²) in [5.41, 5.74) is 6.62. The number of rotatable bonds is 3. The highest BCUT2D eigenvalue weighted by Gasteiger charge is 2.17. The molecule has 0 radical (unpaired) electrons. The number of aliphatic imine (C=N–C) groups is 1. The van der Waals surface area contributed by atoms with Crippen LogP contribution >= 0.6 is 11.8 Å². The fourth-order valence-electron chi connectivity index (χ4n) is 1.61. The maximum Gasteiger partial charge on any atom is 0.269 e. The molecule has 2 N–H and O–H groups in total. The van der Waals surface area contributed by atoms with Gasteiger partial charge in [0.2, 0.25) is 0 Å². The van der Waals surface area contributed by atoms with Gasteiger partial charge in [-0.1, -0.05) is 23.9 Å². The van der Waals surface area contributed by atoms with Crippen LogP contribution in [0.3, 0.4) is 0 Å². The molecule has 0 fully saturated rings. The van der Waals surface area contributed by atoms with Crippen LogP contribution in [0.4, 0.5) is 5.69 Å². The molecule has 84 valence electrons. The maximum absolute atomic E-state index is 10.6. The van der Waals surface area contributed by atoms with Gasteiger partial charge in [0.25, 0.3) is 5.69 Å². The van der Waals surface area contributed by atoms with E-state index in [1.807, 2.05) is 6.07 Å². The standard InChI is InChI=1S/C10H11N3O2S/c11-10-12-8(6-16-10)4-7-2-1-3-9(5-7)13(14)15/h1-3,5,8H,4,6H2,(H2,11,12). The van der Waals surface area contributed by atoms with E-state index in [0.717, 1.165) is 11.3 Å². The van der Waals surface area contributed by atoms with Crippen molar-refractivity contribution in [3.63, 3.8) is 0 Å². The van der Waals surface area contributed by atoms with Gasteiger partial charge in [-0.2, -0.15) is 0 Å². The molecule has 0 saturated carbocycles. The van der Waals surface area contributed by atoms with Gasteiger partial charge in [0, 0.05) is 17.9 Å². The molecule has 6 heteroatoms. The molecule has 1 aromatic carbocycles. The van der Waals surface area contributed by atoms with Crippen molar-refractivity contribution in [2.45, 2.75) is 12.5 Å². The quantitative estimate of drug-likeness (QED) is 0.639. The van der Waals surface area contributed by atoms with E-state index < -0.39 is 0 Å². The van der Waals surface area contributed by atoms with Crippen molar-refractivity contribution >= 4 is 22.6 Å². The number of benzene rings is 1. The molecule has 1 heterocycles. The highest BCUT2D eigenvalue weighted by molar-refractivity contribution is 8.14. The van der Waals surface area contributed by atoms with Crippen LogP contribution in [-0.4, -0.2) is 21.9 Å². The highest BCUT2D eigenvalue weighted by atomic mass is 32.2. The Kier molecular flexibility index (Phi) is 3.09. The number of nitro benzene ring substituents is 1. The van der Waals surface area contributed by atoms with Gasteiger partial charge in [-0.25, -0.2) is 0 Å². The lowest BCUT2D eigenvalue weighted by atomic mass is 10.1. The Morgan fingerprint density at radius 1 is 1.62 bits per heavy atom. The molecule has 0 amide bonds. The number of nitrogens with zero attached hydrogens (tertiary/aromatic N) is 2. The SMILES string of the molecule is NC1=NC(Cc2cccc([N+](=O)[O-])c2)CS1. The van der Waals surface area contributed by atoms with Crippen LogP contribution in [0, 0.1) is 10.1 Å². The Hall–Kier alpha value is -1.56. The maximum atomic E-state index is 10.6. The summed E-state index contributed by atoms with van der Waals surface area (Å²) in [6.07, 6.45) is 0.704. The van der Waals surface area contributed by atoms with Crippen molar-refractivity contribution in [3.8, 4) is 0 Å². The Morgan fingerprint density at radius 2 is 2.44 bits per heavy atom. The Balaban J connectivity index is 2.10. The molecule has 1 aliphatic rings. The molecule has 0 bridgehead atoms. The molecule has 1 unspecified atom stereocenters. The Labute approximate surface area is 96.9 Å². The molecule has 5 nitrogen and oxygen atoms in total. The summed E-state index contributed by atoms with van der Waals surface area (Å²) in [6, 6.07) is 6.80. The highest BCUT2D eigenvalue weighted by Crippen LogP contribution is 2.20. The number of hydrogen-bond donors (Lipinski definition) is 1. The van der Waals surface area contributed by atoms with Crippen molar-refractivity contribution in [1.29, 1.82) is 0 Å². The molecular formula is C10H11N3O2S. The number of nitro groups is 1.